The van der Waals surface area contributed by atoms with Gasteiger partial charge >= 0.3 is 5.97 Å². The third-order valence-corrected chi connectivity index (χ3v) is 2.87. The van der Waals surface area contributed by atoms with Crippen molar-refractivity contribution < 1.29 is 14.3 Å². The quantitative estimate of drug-likeness (QED) is 0.592. The molecule has 1 aromatic carbocycles. The second-order valence-electron chi connectivity index (χ2n) is 4.41. The Morgan fingerprint density at radius 3 is 2.28 bits per heavy atom. The van der Waals surface area contributed by atoms with E-state index in [1.54, 1.807) is 12.1 Å². The van der Waals surface area contributed by atoms with E-state index in [9.17, 15) is 9.59 Å². The number of rotatable bonds is 5. The van der Waals surface area contributed by atoms with E-state index < -0.39 is 0 Å². The van der Waals surface area contributed by atoms with E-state index in [4.69, 9.17) is 0 Å². The molecule has 0 aliphatic heterocycles. The minimum Gasteiger partial charge on any atom is -0.469 e. The molecular weight excluding hydrogens is 230 g/mol. The van der Waals surface area contributed by atoms with Crippen LogP contribution in [0.5, 0.6) is 0 Å². The predicted octanol–water partition coefficient (Wildman–Crippen LogP) is 2.13. The summed E-state index contributed by atoms with van der Waals surface area (Å²) >= 11 is 0. The normalized spacial score (nSPS) is 11.8. The van der Waals surface area contributed by atoms with Crippen molar-refractivity contribution >= 4 is 17.4 Å². The number of ether oxygens (including phenoxy) is 1. The van der Waals surface area contributed by atoms with Gasteiger partial charge in [0.15, 0.2) is 5.78 Å². The van der Waals surface area contributed by atoms with Crippen LogP contribution in [0.15, 0.2) is 24.3 Å². The molecule has 0 bridgehead atoms. The van der Waals surface area contributed by atoms with Crippen molar-refractivity contribution in [3.8, 4) is 0 Å². The van der Waals surface area contributed by atoms with Gasteiger partial charge in [0.2, 0.25) is 0 Å². The standard InChI is InChI=1S/C14H19NO3/c1-10(14(17)18-4)9-15(3)13-7-5-12(6-8-13)11(2)16/h5-8,10H,9H2,1-4H3. The Hall–Kier alpha value is -1.84. The summed E-state index contributed by atoms with van der Waals surface area (Å²) in [6, 6.07) is 7.33. The molecule has 0 amide bonds. The van der Waals surface area contributed by atoms with Gasteiger partial charge in [-0.2, -0.15) is 0 Å². The highest BCUT2D eigenvalue weighted by molar-refractivity contribution is 5.94. The Morgan fingerprint density at radius 1 is 1.28 bits per heavy atom. The zero-order valence-corrected chi connectivity index (χ0v) is 11.3. The van der Waals surface area contributed by atoms with Gasteiger partial charge < -0.3 is 9.64 Å². The van der Waals surface area contributed by atoms with Crippen molar-refractivity contribution in [1.82, 2.24) is 0 Å². The van der Waals surface area contributed by atoms with E-state index in [0.29, 0.717) is 12.1 Å². The molecule has 1 atom stereocenters. The molecule has 0 saturated carbocycles. The molecule has 1 rings (SSSR count). The Bertz CT molecular complexity index is 425. The lowest BCUT2D eigenvalue weighted by atomic mass is 10.1. The van der Waals surface area contributed by atoms with Crippen molar-refractivity contribution in [3.05, 3.63) is 29.8 Å². The first-order valence-electron chi connectivity index (χ1n) is 5.85. The topological polar surface area (TPSA) is 46.6 Å². The average Bonchev–Trinajstić information content (AvgIpc) is 2.37. The van der Waals surface area contributed by atoms with Crippen molar-refractivity contribution in [2.75, 3.05) is 25.6 Å². The summed E-state index contributed by atoms with van der Waals surface area (Å²) in [5, 5.41) is 0. The lowest BCUT2D eigenvalue weighted by molar-refractivity contribution is -0.144. The van der Waals surface area contributed by atoms with Gasteiger partial charge in [0.1, 0.15) is 0 Å². The molecule has 0 heterocycles. The molecule has 0 aliphatic rings. The average molecular weight is 249 g/mol. The first-order valence-corrected chi connectivity index (χ1v) is 5.85. The zero-order valence-electron chi connectivity index (χ0n) is 11.3. The largest absolute Gasteiger partial charge is 0.469 e. The molecule has 0 radical (unpaired) electrons. The van der Waals surface area contributed by atoms with Gasteiger partial charge in [0.25, 0.3) is 0 Å². The fraction of sp³-hybridized carbons (Fsp3) is 0.429. The van der Waals surface area contributed by atoms with Crippen molar-refractivity contribution in [2.45, 2.75) is 13.8 Å². The van der Waals surface area contributed by atoms with Crippen molar-refractivity contribution in [3.63, 3.8) is 0 Å². The van der Waals surface area contributed by atoms with Crippen LogP contribution in [0, 0.1) is 5.92 Å². The van der Waals surface area contributed by atoms with Crippen LogP contribution in [-0.2, 0) is 9.53 Å². The molecule has 0 N–H and O–H groups in total. The summed E-state index contributed by atoms with van der Waals surface area (Å²) in [6.45, 7) is 3.94. The van der Waals surface area contributed by atoms with Gasteiger partial charge in [0.05, 0.1) is 13.0 Å². The van der Waals surface area contributed by atoms with Crippen LogP contribution in [0.3, 0.4) is 0 Å². The van der Waals surface area contributed by atoms with Gasteiger partial charge in [-0.25, -0.2) is 0 Å². The fourth-order valence-electron chi connectivity index (χ4n) is 1.74. The maximum atomic E-state index is 11.3. The molecule has 1 unspecified atom stereocenters. The minimum atomic E-state index is -0.220. The summed E-state index contributed by atoms with van der Waals surface area (Å²) in [6.07, 6.45) is 0. The van der Waals surface area contributed by atoms with Gasteiger partial charge in [0, 0.05) is 24.8 Å². The van der Waals surface area contributed by atoms with Gasteiger partial charge in [-0.1, -0.05) is 6.92 Å². The number of esters is 1. The second kappa shape index (κ2) is 6.19. The van der Waals surface area contributed by atoms with Gasteiger partial charge in [-0.05, 0) is 31.2 Å². The molecule has 18 heavy (non-hydrogen) atoms. The smallest absolute Gasteiger partial charge is 0.310 e. The summed E-state index contributed by atoms with van der Waals surface area (Å²) < 4.78 is 4.69. The maximum Gasteiger partial charge on any atom is 0.310 e. The Balaban J connectivity index is 2.69. The number of Topliss-reactive ketones (excluding diaryl/α,β-unsaturated/α-hetero) is 1. The number of hydrogen-bond donors (Lipinski definition) is 0. The summed E-state index contributed by atoms with van der Waals surface area (Å²) in [5.41, 5.74) is 1.66. The minimum absolute atomic E-state index is 0.0483. The Labute approximate surface area is 108 Å². The van der Waals surface area contributed by atoms with E-state index in [-0.39, 0.29) is 17.7 Å². The first-order chi connectivity index (χ1) is 8.45. The second-order valence-corrected chi connectivity index (χ2v) is 4.41. The zero-order chi connectivity index (χ0) is 13.7. The molecule has 0 saturated heterocycles. The van der Waals surface area contributed by atoms with Gasteiger partial charge in [-0.3, -0.25) is 9.59 Å². The summed E-state index contributed by atoms with van der Waals surface area (Å²) in [4.78, 5) is 24.4. The van der Waals surface area contributed by atoms with Crippen LogP contribution in [0.1, 0.15) is 24.2 Å². The maximum absolute atomic E-state index is 11.3. The summed E-state index contributed by atoms with van der Waals surface area (Å²) in [5.74, 6) is -0.359. The molecule has 1 aromatic rings. The lowest BCUT2D eigenvalue weighted by Crippen LogP contribution is -2.29. The van der Waals surface area contributed by atoms with Crippen LogP contribution < -0.4 is 4.90 Å². The number of carbonyl (C=O) groups is 2. The van der Waals surface area contributed by atoms with E-state index >= 15 is 0 Å². The lowest BCUT2D eigenvalue weighted by Gasteiger charge is -2.22. The number of nitrogens with zero attached hydrogens (tertiary/aromatic N) is 1. The molecule has 0 fully saturated rings. The van der Waals surface area contributed by atoms with Crippen molar-refractivity contribution in [1.29, 1.82) is 0 Å². The van der Waals surface area contributed by atoms with E-state index in [0.717, 1.165) is 5.69 Å². The number of benzene rings is 1. The molecule has 0 aliphatic carbocycles. The molecule has 0 aromatic heterocycles. The number of anilines is 1. The highest BCUT2D eigenvalue weighted by Crippen LogP contribution is 2.15. The third-order valence-electron chi connectivity index (χ3n) is 2.87. The Kier molecular flexibility index (Phi) is 4.89. The third kappa shape index (κ3) is 3.58. The monoisotopic (exact) mass is 249 g/mol. The van der Waals surface area contributed by atoms with E-state index in [1.807, 2.05) is 31.0 Å². The summed E-state index contributed by atoms with van der Waals surface area (Å²) in [7, 11) is 3.29. The first kappa shape index (κ1) is 14.2. The SMILES string of the molecule is COC(=O)C(C)CN(C)c1ccc(C(C)=O)cc1. The van der Waals surface area contributed by atoms with Crippen LogP contribution in [0.25, 0.3) is 0 Å². The van der Waals surface area contributed by atoms with E-state index in [1.165, 1.54) is 14.0 Å². The molecule has 4 nitrogen and oxygen atoms in total. The number of ketones is 1. The molecule has 4 heteroatoms. The van der Waals surface area contributed by atoms with Crippen LogP contribution in [0.4, 0.5) is 5.69 Å². The fourth-order valence-corrected chi connectivity index (χ4v) is 1.74. The van der Waals surface area contributed by atoms with Crippen LogP contribution >= 0.6 is 0 Å². The van der Waals surface area contributed by atoms with E-state index in [2.05, 4.69) is 4.74 Å². The van der Waals surface area contributed by atoms with Crippen LogP contribution in [0.2, 0.25) is 0 Å². The highest BCUT2D eigenvalue weighted by Gasteiger charge is 2.15. The molecular formula is C14H19NO3. The predicted molar refractivity (Wildman–Crippen MR) is 70.9 cm³/mol. The molecule has 0 spiro atoms. The van der Waals surface area contributed by atoms with Crippen molar-refractivity contribution in [2.24, 2.45) is 5.92 Å². The number of carbonyl (C=O) groups excluding carboxylic acids is 2. The Morgan fingerprint density at radius 2 is 1.83 bits per heavy atom. The van der Waals surface area contributed by atoms with Gasteiger partial charge in [-0.15, -0.1) is 0 Å². The molecule has 98 valence electrons. The number of methoxy groups -OCH3 is 1. The number of hydrogen-bond acceptors (Lipinski definition) is 4. The highest BCUT2D eigenvalue weighted by atomic mass is 16.5. The van der Waals surface area contributed by atoms with Crippen LogP contribution in [-0.4, -0.2) is 32.5 Å².